The molecule has 3 aliphatic heterocycles. The number of likely N-dealkylation sites (N-methyl/N-ethyl adjacent to an activating group) is 1. The minimum Gasteiger partial charge on any atom is -0.496 e. The van der Waals surface area contributed by atoms with Crippen LogP contribution in [0.4, 0.5) is 0 Å². The van der Waals surface area contributed by atoms with Crippen molar-refractivity contribution < 1.29 is 38.0 Å². The van der Waals surface area contributed by atoms with Crippen molar-refractivity contribution in [3.05, 3.63) is 111 Å². The summed E-state index contributed by atoms with van der Waals surface area (Å²) in [5.41, 5.74) is 6.19. The van der Waals surface area contributed by atoms with E-state index in [-0.39, 0.29) is 18.3 Å². The standard InChI is InChI=1S/C41H44N2O8/c1-23-18-27-19-28-41(45)43-29(22-50-20-25-14-10-8-11-15-25)31-32(37(47-5)24(2)38(48-6)39(31)49-7)35(44)34(43)33(42(28)3)30(27)40(36(23)46-4)51-21-26-16-12-9-13-17-26/h8-18,28-29,33-34H,19-22H2,1-7H3/t28-,29-,33+,34-/m0/s1. The number of nitrogens with zero attached hydrogens (tertiary/aromatic N) is 2. The zero-order chi connectivity index (χ0) is 36.0. The third-order valence-corrected chi connectivity index (χ3v) is 10.6. The Balaban J connectivity index is 1.43. The van der Waals surface area contributed by atoms with E-state index in [0.29, 0.717) is 65.1 Å². The first kappa shape index (κ1) is 34.4. The summed E-state index contributed by atoms with van der Waals surface area (Å²) in [7, 11) is 8.19. The number of rotatable bonds is 11. The maximum atomic E-state index is 15.3. The molecule has 2 bridgehead atoms. The van der Waals surface area contributed by atoms with Crippen molar-refractivity contribution in [3.8, 4) is 28.7 Å². The van der Waals surface area contributed by atoms with Gasteiger partial charge in [-0.2, -0.15) is 0 Å². The number of methoxy groups -OCH3 is 4. The number of hydrogen-bond donors (Lipinski definition) is 0. The highest BCUT2D eigenvalue weighted by Crippen LogP contribution is 2.57. The van der Waals surface area contributed by atoms with Crippen LogP contribution in [-0.2, 0) is 29.2 Å². The lowest BCUT2D eigenvalue weighted by Crippen LogP contribution is -2.68. The Bertz CT molecular complexity index is 1960. The Morgan fingerprint density at radius 1 is 0.706 bits per heavy atom. The van der Waals surface area contributed by atoms with Gasteiger partial charge in [0, 0.05) is 16.7 Å². The van der Waals surface area contributed by atoms with Gasteiger partial charge in [0.25, 0.3) is 0 Å². The molecule has 1 amide bonds. The molecule has 10 heteroatoms. The van der Waals surface area contributed by atoms with E-state index in [1.807, 2.05) is 86.5 Å². The van der Waals surface area contributed by atoms with Crippen molar-refractivity contribution in [2.75, 3.05) is 42.1 Å². The van der Waals surface area contributed by atoms with Gasteiger partial charge in [-0.3, -0.25) is 14.5 Å². The summed E-state index contributed by atoms with van der Waals surface area (Å²) in [4.78, 5) is 33.9. The maximum Gasteiger partial charge on any atom is 0.241 e. The van der Waals surface area contributed by atoms with Gasteiger partial charge in [0.05, 0.1) is 65.3 Å². The molecule has 0 aliphatic carbocycles. The van der Waals surface area contributed by atoms with Gasteiger partial charge in [-0.1, -0.05) is 66.7 Å². The number of benzene rings is 4. The van der Waals surface area contributed by atoms with Gasteiger partial charge in [0.2, 0.25) is 5.91 Å². The largest absolute Gasteiger partial charge is 0.496 e. The Labute approximate surface area is 298 Å². The van der Waals surface area contributed by atoms with Crippen LogP contribution in [0, 0.1) is 13.8 Å². The van der Waals surface area contributed by atoms with Gasteiger partial charge in [0.1, 0.15) is 18.4 Å². The maximum absolute atomic E-state index is 15.3. The molecule has 1 fully saturated rings. The highest BCUT2D eigenvalue weighted by molar-refractivity contribution is 6.10. The molecule has 4 aromatic carbocycles. The van der Waals surface area contributed by atoms with Crippen LogP contribution < -0.4 is 23.7 Å². The first-order valence-corrected chi connectivity index (χ1v) is 17.1. The lowest BCUT2D eigenvalue weighted by Gasteiger charge is -2.56. The highest BCUT2D eigenvalue weighted by atomic mass is 16.5. The molecule has 4 atom stereocenters. The zero-order valence-electron chi connectivity index (χ0n) is 30.1. The lowest BCUT2D eigenvalue weighted by molar-refractivity contribution is -0.156. The topological polar surface area (TPSA) is 96.0 Å². The predicted octanol–water partition coefficient (Wildman–Crippen LogP) is 6.18. The first-order chi connectivity index (χ1) is 24.7. The van der Waals surface area contributed by atoms with E-state index in [1.165, 1.54) is 0 Å². The van der Waals surface area contributed by atoms with Crippen molar-refractivity contribution >= 4 is 11.7 Å². The number of carbonyl (C=O) groups is 2. The summed E-state index contributed by atoms with van der Waals surface area (Å²) < 4.78 is 36.9. The number of amides is 1. The number of piperazine rings is 1. The molecule has 51 heavy (non-hydrogen) atoms. The van der Waals surface area contributed by atoms with Crippen LogP contribution >= 0.6 is 0 Å². The van der Waals surface area contributed by atoms with Crippen molar-refractivity contribution in [3.63, 3.8) is 0 Å². The minimum atomic E-state index is -0.937. The molecule has 0 spiro atoms. The van der Waals surface area contributed by atoms with Crippen LogP contribution in [0.1, 0.15) is 61.4 Å². The van der Waals surface area contributed by atoms with E-state index in [0.717, 1.165) is 27.8 Å². The molecular formula is C41H44N2O8. The van der Waals surface area contributed by atoms with E-state index < -0.39 is 24.2 Å². The molecule has 3 heterocycles. The van der Waals surface area contributed by atoms with Crippen molar-refractivity contribution in [2.45, 2.75) is 57.6 Å². The number of hydrogen-bond acceptors (Lipinski definition) is 9. The Morgan fingerprint density at radius 2 is 1.31 bits per heavy atom. The van der Waals surface area contributed by atoms with Crippen molar-refractivity contribution in [2.24, 2.45) is 0 Å². The molecule has 0 radical (unpaired) electrons. The molecular weight excluding hydrogens is 648 g/mol. The fraction of sp³-hybridized carbons (Fsp3) is 0.366. The molecule has 7 rings (SSSR count). The van der Waals surface area contributed by atoms with Crippen molar-refractivity contribution in [1.29, 1.82) is 0 Å². The normalized spacial score (nSPS) is 20.6. The van der Waals surface area contributed by atoms with Gasteiger partial charge in [-0.25, -0.2) is 0 Å². The number of ketones is 1. The third-order valence-electron chi connectivity index (χ3n) is 10.6. The fourth-order valence-corrected chi connectivity index (χ4v) is 8.34. The van der Waals surface area contributed by atoms with Gasteiger partial charge >= 0.3 is 0 Å². The second-order valence-corrected chi connectivity index (χ2v) is 13.3. The summed E-state index contributed by atoms with van der Waals surface area (Å²) in [6.45, 7) is 4.55. The van der Waals surface area contributed by atoms with Crippen LogP contribution in [0.2, 0.25) is 0 Å². The second kappa shape index (κ2) is 13.9. The minimum absolute atomic E-state index is 0.105. The second-order valence-electron chi connectivity index (χ2n) is 13.3. The molecule has 266 valence electrons. The number of aryl methyl sites for hydroxylation is 1. The van der Waals surface area contributed by atoms with E-state index in [1.54, 1.807) is 33.3 Å². The molecule has 10 nitrogen and oxygen atoms in total. The average Bonchev–Trinajstić information content (AvgIpc) is 3.14. The van der Waals surface area contributed by atoms with Gasteiger partial charge in [-0.05, 0) is 49.6 Å². The van der Waals surface area contributed by atoms with E-state index in [4.69, 9.17) is 28.4 Å². The average molecular weight is 693 g/mol. The van der Waals surface area contributed by atoms with E-state index in [9.17, 15) is 4.79 Å². The molecule has 3 aliphatic rings. The summed E-state index contributed by atoms with van der Waals surface area (Å²) >= 11 is 0. The van der Waals surface area contributed by atoms with E-state index in [2.05, 4.69) is 6.07 Å². The Kier molecular flexibility index (Phi) is 9.39. The van der Waals surface area contributed by atoms with Crippen LogP contribution in [0.3, 0.4) is 0 Å². The smallest absolute Gasteiger partial charge is 0.241 e. The first-order valence-electron chi connectivity index (χ1n) is 17.1. The van der Waals surface area contributed by atoms with Crippen LogP contribution in [0.5, 0.6) is 28.7 Å². The molecule has 0 saturated carbocycles. The molecule has 0 unspecified atom stereocenters. The van der Waals surface area contributed by atoms with Gasteiger partial charge in [-0.15, -0.1) is 0 Å². The quantitative estimate of drug-likeness (QED) is 0.183. The van der Waals surface area contributed by atoms with Gasteiger partial charge < -0.3 is 33.3 Å². The molecule has 0 N–H and O–H groups in total. The lowest BCUT2D eigenvalue weighted by atomic mass is 9.73. The number of fused-ring (bicyclic) bond motifs is 7. The zero-order valence-corrected chi connectivity index (χ0v) is 30.1. The third kappa shape index (κ3) is 5.57. The summed E-state index contributed by atoms with van der Waals surface area (Å²) in [5, 5.41) is 0. The molecule has 4 aromatic rings. The number of Topliss-reactive ketones (excluding diaryl/α,β-unsaturated/α-hetero) is 1. The van der Waals surface area contributed by atoms with Gasteiger partial charge in [0.15, 0.2) is 28.8 Å². The van der Waals surface area contributed by atoms with Crippen molar-refractivity contribution in [1.82, 2.24) is 9.80 Å². The highest BCUT2D eigenvalue weighted by Gasteiger charge is 2.59. The Morgan fingerprint density at radius 3 is 1.92 bits per heavy atom. The monoisotopic (exact) mass is 692 g/mol. The fourth-order valence-electron chi connectivity index (χ4n) is 8.34. The predicted molar refractivity (Wildman–Crippen MR) is 191 cm³/mol. The molecule has 0 aromatic heterocycles. The number of ether oxygens (including phenoxy) is 6. The Hall–Kier alpha value is -5.06. The molecule has 1 saturated heterocycles. The summed E-state index contributed by atoms with van der Waals surface area (Å²) in [6, 6.07) is 19.1. The number of carbonyl (C=O) groups excluding carboxylic acids is 2. The van der Waals surface area contributed by atoms with E-state index >= 15 is 4.79 Å². The van der Waals surface area contributed by atoms with Crippen LogP contribution in [0.15, 0.2) is 66.7 Å². The van der Waals surface area contributed by atoms with Crippen LogP contribution in [0.25, 0.3) is 0 Å². The SMILES string of the molecule is COc1c(C)cc2c(c1OCc1ccccc1)[C@@H]1[C@H]3C(=O)c4c(OC)c(C)c(OC)c(OC)c4[C@H](COCc4ccccc4)N3C(=O)[C@H](C2)N1C. The summed E-state index contributed by atoms with van der Waals surface area (Å²) in [6.07, 6.45) is 0.438. The summed E-state index contributed by atoms with van der Waals surface area (Å²) in [5.74, 6) is 1.98. The van der Waals surface area contributed by atoms with Crippen LogP contribution in [-0.4, -0.2) is 75.7 Å².